The molecule has 1 unspecified atom stereocenters. The van der Waals surface area contributed by atoms with E-state index >= 15 is 0 Å². The molecule has 0 bridgehead atoms. The quantitative estimate of drug-likeness (QED) is 0.904. The van der Waals surface area contributed by atoms with Crippen LogP contribution in [0.2, 0.25) is 0 Å². The van der Waals surface area contributed by atoms with Gasteiger partial charge >= 0.3 is 0 Å². The summed E-state index contributed by atoms with van der Waals surface area (Å²) < 4.78 is 27.9. The van der Waals surface area contributed by atoms with Gasteiger partial charge in [0.15, 0.2) is 15.7 Å². The number of sulfone groups is 1. The van der Waals surface area contributed by atoms with E-state index < -0.39 is 21.1 Å². The Bertz CT molecular complexity index is 652. The molecule has 2 atom stereocenters. The second-order valence-corrected chi connectivity index (χ2v) is 6.72. The molecule has 6 nitrogen and oxygen atoms in total. The van der Waals surface area contributed by atoms with Crippen molar-refractivity contribution >= 4 is 9.84 Å². The number of nitrogens with two attached hydrogens (primary N) is 1. The topological polar surface area (TPSA) is 99.1 Å². The maximum atomic E-state index is 11.4. The van der Waals surface area contributed by atoms with Crippen molar-refractivity contribution in [3.63, 3.8) is 0 Å². The van der Waals surface area contributed by atoms with Crippen molar-refractivity contribution in [2.75, 3.05) is 6.26 Å². The van der Waals surface area contributed by atoms with Gasteiger partial charge in [-0.3, -0.25) is 0 Å². The summed E-state index contributed by atoms with van der Waals surface area (Å²) in [6, 6.07) is 8.70. The Morgan fingerprint density at radius 3 is 2.47 bits per heavy atom. The molecule has 0 fully saturated rings. The molecule has 2 aromatic rings. The Morgan fingerprint density at radius 1 is 1.26 bits per heavy atom. The minimum Gasteiger partial charge on any atom is -0.337 e. The Kier molecular flexibility index (Phi) is 3.68. The summed E-state index contributed by atoms with van der Waals surface area (Å²) in [5, 5.41) is 2.87. The zero-order chi connectivity index (χ0) is 14.0. The number of rotatable bonds is 4. The Labute approximate surface area is 111 Å². The van der Waals surface area contributed by atoms with E-state index in [0.717, 1.165) is 11.8 Å². The van der Waals surface area contributed by atoms with Crippen LogP contribution in [0.4, 0.5) is 0 Å². The fourth-order valence-electron chi connectivity index (χ4n) is 1.53. The maximum Gasteiger partial charge on any atom is 0.248 e. The standard InChI is InChI=1S/C12H15N3O3S/c1-8(19(2,16)17)11-14-12(18-15-11)10(13)9-6-4-3-5-7-9/h3-8,10H,13H2,1-2H3/t8?,10-/m1/s1. The summed E-state index contributed by atoms with van der Waals surface area (Å²) in [5.41, 5.74) is 6.82. The largest absolute Gasteiger partial charge is 0.337 e. The van der Waals surface area contributed by atoms with E-state index in [1.54, 1.807) is 0 Å². The van der Waals surface area contributed by atoms with E-state index in [1.807, 2.05) is 30.3 Å². The summed E-state index contributed by atoms with van der Waals surface area (Å²) in [5.74, 6) is 0.334. The third-order valence-electron chi connectivity index (χ3n) is 2.89. The van der Waals surface area contributed by atoms with E-state index in [0.29, 0.717) is 0 Å². The van der Waals surface area contributed by atoms with Crippen molar-refractivity contribution in [2.24, 2.45) is 5.73 Å². The fraction of sp³-hybridized carbons (Fsp3) is 0.333. The molecule has 2 N–H and O–H groups in total. The highest BCUT2D eigenvalue weighted by Crippen LogP contribution is 2.22. The van der Waals surface area contributed by atoms with Gasteiger partial charge in [-0.1, -0.05) is 35.5 Å². The molecule has 0 radical (unpaired) electrons. The highest BCUT2D eigenvalue weighted by atomic mass is 32.2. The van der Waals surface area contributed by atoms with Gasteiger partial charge in [-0.2, -0.15) is 4.98 Å². The van der Waals surface area contributed by atoms with Crippen LogP contribution < -0.4 is 5.73 Å². The average Bonchev–Trinajstić information content (AvgIpc) is 2.86. The van der Waals surface area contributed by atoms with Crippen LogP contribution in [0.25, 0.3) is 0 Å². The van der Waals surface area contributed by atoms with E-state index in [2.05, 4.69) is 10.1 Å². The van der Waals surface area contributed by atoms with Gasteiger partial charge in [0.1, 0.15) is 11.3 Å². The van der Waals surface area contributed by atoms with Gasteiger partial charge < -0.3 is 10.3 Å². The van der Waals surface area contributed by atoms with Crippen LogP contribution >= 0.6 is 0 Å². The van der Waals surface area contributed by atoms with Gasteiger partial charge in [-0.25, -0.2) is 8.42 Å². The molecule has 0 aliphatic heterocycles. The molecule has 102 valence electrons. The van der Waals surface area contributed by atoms with Crippen LogP contribution in [-0.4, -0.2) is 24.8 Å². The fourth-order valence-corrected chi connectivity index (χ4v) is 2.01. The second kappa shape index (κ2) is 5.10. The zero-order valence-corrected chi connectivity index (χ0v) is 11.5. The predicted molar refractivity (Wildman–Crippen MR) is 70.0 cm³/mol. The maximum absolute atomic E-state index is 11.4. The summed E-state index contributed by atoms with van der Waals surface area (Å²) >= 11 is 0. The molecule has 7 heteroatoms. The first-order valence-electron chi connectivity index (χ1n) is 5.72. The van der Waals surface area contributed by atoms with Gasteiger partial charge in [-0.05, 0) is 12.5 Å². The third-order valence-corrected chi connectivity index (χ3v) is 4.38. The van der Waals surface area contributed by atoms with Crippen LogP contribution in [0.15, 0.2) is 34.9 Å². The van der Waals surface area contributed by atoms with Crippen molar-refractivity contribution < 1.29 is 12.9 Å². The molecular formula is C12H15N3O3S. The van der Waals surface area contributed by atoms with Crippen molar-refractivity contribution in [1.82, 2.24) is 10.1 Å². The first-order valence-corrected chi connectivity index (χ1v) is 7.68. The minimum atomic E-state index is -3.26. The molecule has 2 rings (SSSR count). The molecule has 0 spiro atoms. The lowest BCUT2D eigenvalue weighted by Gasteiger charge is -2.06. The summed E-state index contributed by atoms with van der Waals surface area (Å²) in [6.07, 6.45) is 1.13. The molecule has 0 amide bonds. The highest BCUT2D eigenvalue weighted by molar-refractivity contribution is 7.90. The Hall–Kier alpha value is -1.73. The summed E-state index contributed by atoms with van der Waals surface area (Å²) in [6.45, 7) is 1.51. The number of nitrogens with zero attached hydrogens (tertiary/aromatic N) is 2. The van der Waals surface area contributed by atoms with Gasteiger partial charge in [0.05, 0.1) is 0 Å². The van der Waals surface area contributed by atoms with E-state index in [9.17, 15) is 8.42 Å². The first kappa shape index (κ1) is 13.7. The third kappa shape index (κ3) is 2.99. The lowest BCUT2D eigenvalue weighted by atomic mass is 10.1. The lowest BCUT2D eigenvalue weighted by molar-refractivity contribution is 0.362. The van der Waals surface area contributed by atoms with Gasteiger partial charge in [0.25, 0.3) is 0 Å². The Morgan fingerprint density at radius 2 is 1.89 bits per heavy atom. The molecule has 0 aliphatic rings. The first-order chi connectivity index (χ1) is 8.89. The van der Waals surface area contributed by atoms with Crippen molar-refractivity contribution in [3.05, 3.63) is 47.6 Å². The molecule has 19 heavy (non-hydrogen) atoms. The molecule has 0 aliphatic carbocycles. The SMILES string of the molecule is CC(c1noc([C@H](N)c2ccccc2)n1)S(C)(=O)=O. The van der Waals surface area contributed by atoms with Crippen LogP contribution in [0, 0.1) is 0 Å². The van der Waals surface area contributed by atoms with Crippen molar-refractivity contribution in [2.45, 2.75) is 18.2 Å². The van der Waals surface area contributed by atoms with Gasteiger partial charge in [0.2, 0.25) is 5.89 Å². The number of benzene rings is 1. The van der Waals surface area contributed by atoms with Crippen molar-refractivity contribution in [1.29, 1.82) is 0 Å². The van der Waals surface area contributed by atoms with Crippen LogP contribution in [-0.2, 0) is 9.84 Å². The highest BCUT2D eigenvalue weighted by Gasteiger charge is 2.25. The molecule has 0 saturated carbocycles. The lowest BCUT2D eigenvalue weighted by Crippen LogP contribution is -2.13. The monoisotopic (exact) mass is 281 g/mol. The van der Waals surface area contributed by atoms with E-state index in [4.69, 9.17) is 10.3 Å². The van der Waals surface area contributed by atoms with Gasteiger partial charge in [0, 0.05) is 6.26 Å². The molecule has 1 heterocycles. The van der Waals surface area contributed by atoms with E-state index in [-0.39, 0.29) is 11.7 Å². The van der Waals surface area contributed by atoms with Crippen LogP contribution in [0.5, 0.6) is 0 Å². The summed E-state index contributed by atoms with van der Waals surface area (Å²) in [4.78, 5) is 4.07. The average molecular weight is 281 g/mol. The number of hydrogen-bond acceptors (Lipinski definition) is 6. The summed E-state index contributed by atoms with van der Waals surface area (Å²) in [7, 11) is -3.26. The number of aromatic nitrogens is 2. The normalized spacial score (nSPS) is 15.1. The molecular weight excluding hydrogens is 266 g/mol. The molecule has 1 aromatic carbocycles. The minimum absolute atomic E-state index is 0.129. The number of hydrogen-bond donors (Lipinski definition) is 1. The Balaban J connectivity index is 2.27. The molecule has 0 saturated heterocycles. The van der Waals surface area contributed by atoms with E-state index in [1.165, 1.54) is 6.92 Å². The zero-order valence-electron chi connectivity index (χ0n) is 10.6. The predicted octanol–water partition coefficient (Wildman–Crippen LogP) is 1.22. The van der Waals surface area contributed by atoms with Crippen molar-refractivity contribution in [3.8, 4) is 0 Å². The van der Waals surface area contributed by atoms with Gasteiger partial charge in [-0.15, -0.1) is 0 Å². The van der Waals surface area contributed by atoms with Crippen LogP contribution in [0.3, 0.4) is 0 Å². The second-order valence-electron chi connectivity index (χ2n) is 4.35. The molecule has 1 aromatic heterocycles. The smallest absolute Gasteiger partial charge is 0.248 e. The van der Waals surface area contributed by atoms with Crippen LogP contribution in [0.1, 0.15) is 35.5 Å².